The number of fused-ring (bicyclic) bond motifs is 1. The van der Waals surface area contributed by atoms with E-state index in [2.05, 4.69) is 4.98 Å². The van der Waals surface area contributed by atoms with Gasteiger partial charge in [-0.25, -0.2) is 0 Å². The average Bonchev–Trinajstić information content (AvgIpc) is 3.40. The molecule has 0 atom stereocenters. The second-order valence-corrected chi connectivity index (χ2v) is 9.03. The van der Waals surface area contributed by atoms with Gasteiger partial charge in [0.15, 0.2) is 0 Å². The van der Waals surface area contributed by atoms with E-state index in [-0.39, 0.29) is 17.4 Å². The number of rotatable bonds is 7. The SMILES string of the molecule is O=CC1(CCc2c[nH]c3ccc(O[C@H]4C[C@H](c5ccc(C(F)(F)F)cc5)C4)cc23)CC1. The molecule has 2 aliphatic rings. The number of aldehydes is 1. The van der Waals surface area contributed by atoms with Gasteiger partial charge < -0.3 is 14.5 Å². The molecule has 0 aliphatic heterocycles. The molecule has 162 valence electrons. The van der Waals surface area contributed by atoms with Gasteiger partial charge in [0.1, 0.15) is 12.0 Å². The maximum Gasteiger partial charge on any atom is 0.416 e. The Kier molecular flexibility index (Phi) is 4.83. The van der Waals surface area contributed by atoms with Crippen molar-refractivity contribution in [3.63, 3.8) is 0 Å². The Bertz CT molecular complexity index is 1090. The number of hydrogen-bond donors (Lipinski definition) is 1. The van der Waals surface area contributed by atoms with Crippen molar-refractivity contribution in [1.29, 1.82) is 0 Å². The monoisotopic (exact) mass is 427 g/mol. The van der Waals surface area contributed by atoms with Crippen LogP contribution >= 0.6 is 0 Å². The summed E-state index contributed by atoms with van der Waals surface area (Å²) in [5.41, 5.74) is 2.47. The van der Waals surface area contributed by atoms with E-state index >= 15 is 0 Å². The predicted octanol–water partition coefficient (Wildman–Crippen LogP) is 6.42. The average molecular weight is 427 g/mol. The fourth-order valence-electron chi connectivity index (χ4n) is 4.48. The van der Waals surface area contributed by atoms with Crippen molar-refractivity contribution in [2.75, 3.05) is 0 Å². The Labute approximate surface area is 178 Å². The van der Waals surface area contributed by atoms with Crippen LogP contribution in [0.1, 0.15) is 54.7 Å². The number of H-pyrrole nitrogens is 1. The minimum atomic E-state index is -4.30. The van der Waals surface area contributed by atoms with Gasteiger partial charge >= 0.3 is 6.18 Å². The van der Waals surface area contributed by atoms with Gasteiger partial charge in [0.05, 0.1) is 11.7 Å². The molecule has 0 amide bonds. The first-order valence-corrected chi connectivity index (χ1v) is 10.8. The Balaban J connectivity index is 1.20. The van der Waals surface area contributed by atoms with Crippen molar-refractivity contribution in [2.24, 2.45) is 5.41 Å². The molecule has 0 spiro atoms. The number of aryl methyl sites for hydroxylation is 1. The molecule has 1 heterocycles. The van der Waals surface area contributed by atoms with Gasteiger partial charge in [-0.05, 0) is 85.9 Å². The standard InChI is InChI=1S/C25H24F3NO2/c26-25(27,28)19-3-1-16(2-4-19)18-11-21(12-18)31-20-5-6-23-22(13-20)17(14-29-23)7-8-24(15-30)9-10-24/h1-6,13-15,18,21,29H,7-12H2/t18-,21-. The third-order valence-electron chi connectivity index (χ3n) is 6.88. The summed E-state index contributed by atoms with van der Waals surface area (Å²) in [6.07, 6.45) is 4.22. The summed E-state index contributed by atoms with van der Waals surface area (Å²) in [5.74, 6) is 1.04. The molecule has 1 aromatic heterocycles. The van der Waals surface area contributed by atoms with Gasteiger partial charge in [0.2, 0.25) is 0 Å². The zero-order chi connectivity index (χ0) is 21.6. The van der Waals surface area contributed by atoms with E-state index in [1.165, 1.54) is 5.56 Å². The lowest BCUT2D eigenvalue weighted by Gasteiger charge is -2.35. The first kappa shape index (κ1) is 20.2. The van der Waals surface area contributed by atoms with Crippen LogP contribution in [0.3, 0.4) is 0 Å². The quantitative estimate of drug-likeness (QED) is 0.442. The number of aromatic amines is 1. The number of halogens is 3. The van der Waals surface area contributed by atoms with Gasteiger partial charge in [0.25, 0.3) is 0 Å². The lowest BCUT2D eigenvalue weighted by Crippen LogP contribution is -2.32. The Morgan fingerprint density at radius 3 is 2.48 bits per heavy atom. The van der Waals surface area contributed by atoms with Gasteiger partial charge in [-0.15, -0.1) is 0 Å². The van der Waals surface area contributed by atoms with E-state index in [1.54, 1.807) is 12.1 Å². The third-order valence-corrected chi connectivity index (χ3v) is 6.88. The zero-order valence-corrected chi connectivity index (χ0v) is 17.0. The smallest absolute Gasteiger partial charge is 0.416 e. The second kappa shape index (κ2) is 7.43. The Morgan fingerprint density at radius 1 is 1.10 bits per heavy atom. The molecule has 0 unspecified atom stereocenters. The molecular formula is C25H24F3NO2. The van der Waals surface area contributed by atoms with Crippen molar-refractivity contribution in [2.45, 2.75) is 56.7 Å². The molecule has 1 N–H and O–H groups in total. The summed E-state index contributed by atoms with van der Waals surface area (Å²) < 4.78 is 44.3. The maximum absolute atomic E-state index is 12.7. The molecule has 2 saturated carbocycles. The highest BCUT2D eigenvalue weighted by Gasteiger charge is 2.41. The van der Waals surface area contributed by atoms with E-state index in [0.29, 0.717) is 0 Å². The van der Waals surface area contributed by atoms with Crippen molar-refractivity contribution in [1.82, 2.24) is 4.98 Å². The van der Waals surface area contributed by atoms with E-state index in [9.17, 15) is 18.0 Å². The van der Waals surface area contributed by atoms with Crippen LogP contribution in [0.2, 0.25) is 0 Å². The largest absolute Gasteiger partial charge is 0.490 e. The number of hydrogen-bond acceptors (Lipinski definition) is 2. The summed E-state index contributed by atoms with van der Waals surface area (Å²) in [5, 5.41) is 1.12. The number of carbonyl (C=O) groups excluding carboxylic acids is 1. The van der Waals surface area contributed by atoms with Crippen molar-refractivity contribution < 1.29 is 22.7 Å². The maximum atomic E-state index is 12.7. The normalized spacial score (nSPS) is 22.2. The van der Waals surface area contributed by atoms with Gasteiger partial charge in [-0.3, -0.25) is 0 Å². The van der Waals surface area contributed by atoms with Crippen LogP contribution in [0.25, 0.3) is 10.9 Å². The van der Waals surface area contributed by atoms with E-state index in [0.717, 1.165) is 79.2 Å². The van der Waals surface area contributed by atoms with Crippen LogP contribution in [-0.4, -0.2) is 17.4 Å². The minimum Gasteiger partial charge on any atom is -0.490 e. The number of benzene rings is 2. The third kappa shape index (κ3) is 4.08. The molecule has 6 heteroatoms. The molecule has 2 aromatic carbocycles. The summed E-state index contributed by atoms with van der Waals surface area (Å²) in [4.78, 5) is 14.5. The van der Waals surface area contributed by atoms with Gasteiger partial charge in [0, 0.05) is 22.5 Å². The molecule has 2 fully saturated rings. The van der Waals surface area contributed by atoms with Crippen LogP contribution in [0.15, 0.2) is 48.7 Å². The van der Waals surface area contributed by atoms with Crippen LogP contribution in [0.5, 0.6) is 5.75 Å². The van der Waals surface area contributed by atoms with Crippen LogP contribution in [0.4, 0.5) is 13.2 Å². The molecule has 0 saturated heterocycles. The van der Waals surface area contributed by atoms with Crippen LogP contribution < -0.4 is 4.74 Å². The number of nitrogens with one attached hydrogen (secondary N) is 1. The zero-order valence-electron chi connectivity index (χ0n) is 17.0. The van der Waals surface area contributed by atoms with E-state index in [1.807, 2.05) is 24.4 Å². The van der Waals surface area contributed by atoms with E-state index in [4.69, 9.17) is 4.74 Å². The number of aromatic nitrogens is 1. The lowest BCUT2D eigenvalue weighted by atomic mass is 9.77. The summed E-state index contributed by atoms with van der Waals surface area (Å²) >= 11 is 0. The number of carbonyl (C=O) groups is 1. The fraction of sp³-hybridized carbons (Fsp3) is 0.400. The lowest BCUT2D eigenvalue weighted by molar-refractivity contribution is -0.137. The Morgan fingerprint density at radius 2 is 1.84 bits per heavy atom. The summed E-state index contributed by atoms with van der Waals surface area (Å²) in [6.45, 7) is 0. The number of ether oxygens (including phenoxy) is 1. The Hall–Kier alpha value is -2.76. The molecule has 3 aromatic rings. The highest BCUT2D eigenvalue weighted by molar-refractivity contribution is 5.84. The van der Waals surface area contributed by atoms with Crippen molar-refractivity contribution >= 4 is 17.2 Å². The fourth-order valence-corrected chi connectivity index (χ4v) is 4.48. The first-order valence-electron chi connectivity index (χ1n) is 10.8. The highest BCUT2D eigenvalue weighted by atomic mass is 19.4. The van der Waals surface area contributed by atoms with Crippen molar-refractivity contribution in [3.05, 3.63) is 65.4 Å². The molecule has 0 bridgehead atoms. The minimum absolute atomic E-state index is 0.0666. The highest BCUT2D eigenvalue weighted by Crippen LogP contribution is 2.47. The van der Waals surface area contributed by atoms with Gasteiger partial charge in [-0.1, -0.05) is 12.1 Å². The molecular weight excluding hydrogens is 403 g/mol. The molecule has 0 radical (unpaired) electrons. The summed E-state index contributed by atoms with van der Waals surface area (Å²) in [6, 6.07) is 11.5. The molecule has 2 aliphatic carbocycles. The topological polar surface area (TPSA) is 42.1 Å². The van der Waals surface area contributed by atoms with Crippen molar-refractivity contribution in [3.8, 4) is 5.75 Å². The molecule has 31 heavy (non-hydrogen) atoms. The molecule has 5 rings (SSSR count). The van der Waals surface area contributed by atoms with E-state index < -0.39 is 11.7 Å². The molecule has 3 nitrogen and oxygen atoms in total. The van der Waals surface area contributed by atoms with Crippen LogP contribution in [0, 0.1) is 5.41 Å². The van der Waals surface area contributed by atoms with Crippen LogP contribution in [-0.2, 0) is 17.4 Å². The van der Waals surface area contributed by atoms with Gasteiger partial charge in [-0.2, -0.15) is 13.2 Å². The summed E-state index contributed by atoms with van der Waals surface area (Å²) in [7, 11) is 0. The number of alkyl halides is 3. The predicted molar refractivity (Wildman–Crippen MR) is 112 cm³/mol. The second-order valence-electron chi connectivity index (χ2n) is 9.03. The first-order chi connectivity index (χ1) is 14.9.